The van der Waals surface area contributed by atoms with Crippen LogP contribution in [0.2, 0.25) is 0 Å². The summed E-state index contributed by atoms with van der Waals surface area (Å²) < 4.78 is 2.02. The molecule has 0 aliphatic heterocycles. The molecule has 0 N–H and O–H groups in total. The predicted molar refractivity (Wildman–Crippen MR) is 116 cm³/mol. The fourth-order valence-electron chi connectivity index (χ4n) is 1.63. The number of benzene rings is 2. The van der Waals surface area contributed by atoms with E-state index in [1.807, 2.05) is 0 Å². The van der Waals surface area contributed by atoms with Crippen molar-refractivity contribution in [3.8, 4) is 22.3 Å². The minimum absolute atomic E-state index is 0.992. The number of hydrogen-bond donors (Lipinski definition) is 0. The molecule has 20 heavy (non-hydrogen) atoms. The first-order valence-corrected chi connectivity index (χ1v) is 13.5. The molecule has 0 amide bonds. The van der Waals surface area contributed by atoms with Gasteiger partial charge in [-0.25, -0.2) is 0 Å². The Morgan fingerprint density at radius 2 is 1.15 bits per heavy atom. The highest BCUT2D eigenvalue weighted by molar-refractivity contribution is 14.2. The molecule has 6 heteroatoms. The molecule has 0 bridgehead atoms. The SMILES string of the molecule is Brc1cc2cc(Br)c(C#CSI)cc2cc1C#CSI. The van der Waals surface area contributed by atoms with Gasteiger partial charge in [-0.3, -0.25) is 0 Å². The molecule has 2 aromatic rings. The fraction of sp³-hybridized carbons (Fsp3) is 0. The zero-order valence-corrected chi connectivity index (χ0v) is 18.8. The van der Waals surface area contributed by atoms with Crippen LogP contribution in [0.4, 0.5) is 0 Å². The molecule has 0 aliphatic rings. The van der Waals surface area contributed by atoms with E-state index in [-0.39, 0.29) is 0 Å². The van der Waals surface area contributed by atoms with E-state index < -0.39 is 0 Å². The summed E-state index contributed by atoms with van der Waals surface area (Å²) in [5.74, 6) is 6.28. The summed E-state index contributed by atoms with van der Waals surface area (Å²) in [6, 6.07) is 8.36. The molecule has 0 nitrogen and oxygen atoms in total. The van der Waals surface area contributed by atoms with Crippen LogP contribution in [-0.4, -0.2) is 0 Å². The van der Waals surface area contributed by atoms with Gasteiger partial charge in [0.25, 0.3) is 0 Å². The number of rotatable bonds is 0. The fourth-order valence-corrected chi connectivity index (χ4v) is 3.51. The summed E-state index contributed by atoms with van der Waals surface area (Å²) in [6.45, 7) is 0. The summed E-state index contributed by atoms with van der Waals surface area (Å²) in [7, 11) is 2.96. The predicted octanol–water partition coefficient (Wildman–Crippen LogP) is 7.15. The van der Waals surface area contributed by atoms with Crippen molar-refractivity contribution in [1.29, 1.82) is 0 Å². The standard InChI is InChI=1S/C14H4Br2I2S2/c15-13-7-12-8-14(16)10(2-4-20-18)6-11(12)5-9(13)1-3-19-17/h5-8H. The Morgan fingerprint density at radius 3 is 1.55 bits per heavy atom. The van der Waals surface area contributed by atoms with E-state index in [1.165, 1.54) is 17.9 Å². The van der Waals surface area contributed by atoms with Crippen molar-refractivity contribution in [3.05, 3.63) is 44.3 Å². The maximum atomic E-state index is 3.57. The Morgan fingerprint density at radius 1 is 0.750 bits per heavy atom. The van der Waals surface area contributed by atoms with Gasteiger partial charge in [-0.15, -0.1) is 0 Å². The molecular formula is C14H4Br2I2S2. The summed E-state index contributed by atoms with van der Waals surface area (Å²) in [5, 5.41) is 8.32. The Balaban J connectivity index is 2.63. The minimum atomic E-state index is 0.992. The monoisotopic (exact) mass is 648 g/mol. The number of hydrogen-bond acceptors (Lipinski definition) is 2. The van der Waals surface area contributed by atoms with Gasteiger partial charge >= 0.3 is 0 Å². The van der Waals surface area contributed by atoms with E-state index in [0.29, 0.717) is 0 Å². The summed E-state index contributed by atoms with van der Waals surface area (Å²) >= 11 is 11.5. The average Bonchev–Trinajstić information content (AvgIpc) is 2.43. The zero-order chi connectivity index (χ0) is 14.5. The quantitative estimate of drug-likeness (QED) is 0.220. The van der Waals surface area contributed by atoms with Crippen LogP contribution in [-0.2, 0) is 0 Å². The molecular weight excluding hydrogens is 646 g/mol. The normalized spacial score (nSPS) is 9.60. The Kier molecular flexibility index (Phi) is 7.39. The van der Waals surface area contributed by atoms with E-state index in [0.717, 1.165) is 30.8 Å². The topological polar surface area (TPSA) is 0 Å². The molecule has 0 saturated heterocycles. The third-order valence-corrected chi connectivity index (χ3v) is 5.45. The van der Waals surface area contributed by atoms with Crippen LogP contribution in [0.25, 0.3) is 10.8 Å². The summed E-state index contributed by atoms with van der Waals surface area (Å²) in [4.78, 5) is 0. The second-order valence-electron chi connectivity index (χ2n) is 3.62. The lowest BCUT2D eigenvalue weighted by Crippen LogP contribution is -1.84. The van der Waals surface area contributed by atoms with Crippen molar-refractivity contribution < 1.29 is 0 Å². The lowest BCUT2D eigenvalue weighted by Gasteiger charge is -2.05. The van der Waals surface area contributed by atoms with Crippen molar-refractivity contribution in [2.45, 2.75) is 0 Å². The number of halogens is 4. The van der Waals surface area contributed by atoms with Gasteiger partial charge in [0.2, 0.25) is 0 Å². The van der Waals surface area contributed by atoms with Gasteiger partial charge in [0.15, 0.2) is 0 Å². The molecule has 2 aromatic carbocycles. The lowest BCUT2D eigenvalue weighted by atomic mass is 10.0. The van der Waals surface area contributed by atoms with Gasteiger partial charge in [-0.1, -0.05) is 11.8 Å². The van der Waals surface area contributed by atoms with Crippen LogP contribution >= 0.6 is 92.1 Å². The largest absolute Gasteiger partial charge is 0.0530 e. The van der Waals surface area contributed by atoms with Crippen LogP contribution in [0.3, 0.4) is 0 Å². The molecule has 0 unspecified atom stereocenters. The van der Waals surface area contributed by atoms with Gasteiger partial charge in [0, 0.05) is 62.5 Å². The molecule has 0 aliphatic carbocycles. The van der Waals surface area contributed by atoms with Gasteiger partial charge in [0.1, 0.15) is 0 Å². The second kappa shape index (κ2) is 8.54. The molecule has 0 heterocycles. The molecule has 0 radical (unpaired) electrons. The van der Waals surface area contributed by atoms with Crippen molar-refractivity contribution in [2.75, 3.05) is 0 Å². The van der Waals surface area contributed by atoms with Crippen LogP contribution in [0.15, 0.2) is 33.2 Å². The van der Waals surface area contributed by atoms with E-state index in [9.17, 15) is 0 Å². The molecule has 0 saturated carbocycles. The maximum Gasteiger partial charge on any atom is 0.0403 e. The van der Waals surface area contributed by atoms with Gasteiger partial charge in [-0.2, -0.15) is 0 Å². The lowest BCUT2D eigenvalue weighted by molar-refractivity contribution is 1.60. The van der Waals surface area contributed by atoms with Crippen molar-refractivity contribution in [1.82, 2.24) is 0 Å². The molecule has 0 spiro atoms. The van der Waals surface area contributed by atoms with Crippen molar-refractivity contribution >= 4 is 103 Å². The first-order valence-electron chi connectivity index (χ1n) is 5.15. The van der Waals surface area contributed by atoms with E-state index in [2.05, 4.69) is 121 Å². The van der Waals surface area contributed by atoms with E-state index in [1.54, 1.807) is 0 Å². The van der Waals surface area contributed by atoms with Crippen LogP contribution in [0, 0.1) is 22.3 Å². The highest BCUT2D eigenvalue weighted by Gasteiger charge is 2.05. The molecule has 0 atom stereocenters. The van der Waals surface area contributed by atoms with Crippen molar-refractivity contribution in [2.24, 2.45) is 0 Å². The Labute approximate surface area is 167 Å². The first kappa shape index (κ1) is 17.3. The molecule has 0 aromatic heterocycles. The maximum absolute atomic E-state index is 3.57. The third kappa shape index (κ3) is 4.47. The van der Waals surface area contributed by atoms with E-state index >= 15 is 0 Å². The van der Waals surface area contributed by atoms with E-state index in [4.69, 9.17) is 0 Å². The second-order valence-corrected chi connectivity index (χ2v) is 8.69. The Hall–Kier alpha value is 0.940. The van der Waals surface area contributed by atoms with Gasteiger partial charge in [-0.05, 0) is 95.3 Å². The summed E-state index contributed by atoms with van der Waals surface area (Å²) in [5.41, 5.74) is 1.98. The van der Waals surface area contributed by atoms with Crippen LogP contribution < -0.4 is 0 Å². The Bertz CT molecular complexity index is 720. The van der Waals surface area contributed by atoms with Gasteiger partial charge in [0.05, 0.1) is 0 Å². The molecule has 2 rings (SSSR count). The van der Waals surface area contributed by atoms with Crippen LogP contribution in [0.1, 0.15) is 11.1 Å². The smallest absolute Gasteiger partial charge is 0.0403 e. The molecule has 0 fully saturated rings. The number of fused-ring (bicyclic) bond motifs is 1. The third-order valence-electron chi connectivity index (χ3n) is 2.46. The van der Waals surface area contributed by atoms with Crippen LogP contribution in [0.5, 0.6) is 0 Å². The summed E-state index contributed by atoms with van der Waals surface area (Å²) in [6.07, 6.45) is 0. The molecule has 100 valence electrons. The highest BCUT2D eigenvalue weighted by Crippen LogP contribution is 2.29. The van der Waals surface area contributed by atoms with Gasteiger partial charge < -0.3 is 0 Å². The van der Waals surface area contributed by atoms with Crippen molar-refractivity contribution in [3.63, 3.8) is 0 Å². The zero-order valence-electron chi connectivity index (χ0n) is 9.64. The average molecular weight is 650 g/mol. The highest BCUT2D eigenvalue weighted by atomic mass is 127. The minimum Gasteiger partial charge on any atom is -0.0530 e. The first-order chi connectivity index (χ1) is 9.65.